The van der Waals surface area contributed by atoms with Crippen LogP contribution in [0.4, 0.5) is 0 Å². The summed E-state index contributed by atoms with van der Waals surface area (Å²) in [6.45, 7) is 2.47. The van der Waals surface area contributed by atoms with Crippen LogP contribution < -0.4 is 11.5 Å². The highest BCUT2D eigenvalue weighted by molar-refractivity contribution is 5.73. The molecule has 4 N–H and O–H groups in total. The van der Waals surface area contributed by atoms with Gasteiger partial charge in [0.25, 0.3) is 0 Å². The van der Waals surface area contributed by atoms with Gasteiger partial charge in [0.1, 0.15) is 0 Å². The van der Waals surface area contributed by atoms with Crippen LogP contribution in [-0.4, -0.2) is 11.8 Å². The number of unbranched alkanes of at least 4 members (excludes halogenated alkanes) is 23. The molecule has 252 valence electrons. The van der Waals surface area contributed by atoms with Gasteiger partial charge in [0.05, 0.1) is 0 Å². The molecule has 0 aliphatic rings. The molecule has 1 atom stereocenters. The van der Waals surface area contributed by atoms with E-state index in [4.69, 9.17) is 11.5 Å². The zero-order valence-corrected chi connectivity index (χ0v) is 28.8. The first kappa shape index (κ1) is 41.4. The largest absolute Gasteiger partial charge is 0.370 e. The van der Waals surface area contributed by atoms with Crippen LogP contribution >= 0.6 is 0 Å². The van der Waals surface area contributed by atoms with Crippen molar-refractivity contribution in [2.45, 2.75) is 206 Å². The van der Waals surface area contributed by atoms with Crippen molar-refractivity contribution in [3.63, 3.8) is 0 Å². The van der Waals surface area contributed by atoms with Crippen LogP contribution in [0.2, 0.25) is 0 Å². The number of nitrogens with two attached hydrogens (primary N) is 2. The third-order valence-corrected chi connectivity index (χ3v) is 8.81. The van der Waals surface area contributed by atoms with Crippen LogP contribution in [0.5, 0.6) is 0 Å². The summed E-state index contributed by atoms with van der Waals surface area (Å²) in [4.78, 5) is 21.4. The lowest BCUT2D eigenvalue weighted by Crippen LogP contribution is -2.09. The Labute approximate surface area is 268 Å². The third kappa shape index (κ3) is 38.4. The Morgan fingerprint density at radius 1 is 0.395 bits per heavy atom. The Balaban J connectivity index is 3.24. The maximum Gasteiger partial charge on any atom is 0.217 e. The predicted octanol–water partition coefficient (Wildman–Crippen LogP) is 11.8. The van der Waals surface area contributed by atoms with E-state index in [2.05, 4.69) is 31.2 Å². The van der Waals surface area contributed by atoms with E-state index in [0.717, 1.165) is 31.6 Å². The maximum absolute atomic E-state index is 10.7. The lowest BCUT2D eigenvalue weighted by Gasteiger charge is -2.11. The first-order valence-electron chi connectivity index (χ1n) is 18.9. The number of amides is 2. The molecule has 0 aliphatic carbocycles. The molecule has 1 unspecified atom stereocenters. The van der Waals surface area contributed by atoms with Crippen LogP contribution in [0, 0.1) is 5.92 Å². The minimum Gasteiger partial charge on any atom is -0.370 e. The van der Waals surface area contributed by atoms with E-state index in [9.17, 15) is 9.59 Å². The van der Waals surface area contributed by atoms with E-state index in [-0.39, 0.29) is 11.8 Å². The minimum atomic E-state index is -0.165. The average molecular weight is 603 g/mol. The molecule has 0 heterocycles. The molecule has 0 fully saturated rings. The molecule has 0 aliphatic heterocycles. The average Bonchev–Trinajstić information content (AvgIpc) is 2.97. The molecule has 0 bridgehead atoms. The van der Waals surface area contributed by atoms with Gasteiger partial charge in [-0.2, -0.15) is 0 Å². The molecule has 0 radical (unpaired) electrons. The Kier molecular flexibility index (Phi) is 33.6. The Bertz CT molecular complexity index is 658. The van der Waals surface area contributed by atoms with Crippen molar-refractivity contribution in [1.29, 1.82) is 0 Å². The zero-order chi connectivity index (χ0) is 31.5. The van der Waals surface area contributed by atoms with Gasteiger partial charge in [-0.15, -0.1) is 0 Å². The molecule has 0 saturated carbocycles. The molecule has 4 nitrogen and oxygen atoms in total. The molecular formula is C39H74N2O2. The van der Waals surface area contributed by atoms with Gasteiger partial charge in [-0.25, -0.2) is 0 Å². The highest BCUT2D eigenvalue weighted by Crippen LogP contribution is 2.19. The van der Waals surface area contributed by atoms with E-state index in [1.165, 1.54) is 161 Å². The van der Waals surface area contributed by atoms with Crippen molar-refractivity contribution >= 4 is 11.8 Å². The van der Waals surface area contributed by atoms with Crippen molar-refractivity contribution in [2.75, 3.05) is 0 Å². The number of primary amides is 2. The predicted molar refractivity (Wildman–Crippen MR) is 189 cm³/mol. The first-order chi connectivity index (χ1) is 21.0. The van der Waals surface area contributed by atoms with E-state index in [1.807, 2.05) is 0 Å². The number of allylic oxidation sites excluding steroid dienone is 4. The third-order valence-electron chi connectivity index (χ3n) is 8.81. The molecule has 0 aromatic carbocycles. The van der Waals surface area contributed by atoms with Crippen LogP contribution in [0.25, 0.3) is 0 Å². The second-order valence-corrected chi connectivity index (χ2v) is 13.3. The van der Waals surface area contributed by atoms with Gasteiger partial charge in [0.15, 0.2) is 0 Å². The van der Waals surface area contributed by atoms with Crippen molar-refractivity contribution in [2.24, 2.45) is 17.4 Å². The van der Waals surface area contributed by atoms with Gasteiger partial charge < -0.3 is 11.5 Å². The van der Waals surface area contributed by atoms with Gasteiger partial charge >= 0.3 is 0 Å². The number of rotatable bonds is 35. The second kappa shape index (κ2) is 34.9. The number of carbonyl (C=O) groups is 2. The Hall–Kier alpha value is -1.58. The fourth-order valence-corrected chi connectivity index (χ4v) is 5.90. The monoisotopic (exact) mass is 603 g/mol. The first-order valence-corrected chi connectivity index (χ1v) is 18.9. The van der Waals surface area contributed by atoms with Crippen LogP contribution in [0.3, 0.4) is 0 Å². The summed E-state index contributed by atoms with van der Waals surface area (Å²) in [5, 5.41) is 0. The minimum absolute atomic E-state index is 0.165. The maximum atomic E-state index is 10.7. The summed E-state index contributed by atoms with van der Waals surface area (Å²) >= 11 is 0. The van der Waals surface area contributed by atoms with Crippen LogP contribution in [-0.2, 0) is 9.59 Å². The van der Waals surface area contributed by atoms with Crippen LogP contribution in [0.15, 0.2) is 24.3 Å². The Morgan fingerprint density at radius 2 is 0.628 bits per heavy atom. The van der Waals surface area contributed by atoms with Gasteiger partial charge in [-0.05, 0) is 70.1 Å². The summed E-state index contributed by atoms with van der Waals surface area (Å²) < 4.78 is 0. The summed E-state index contributed by atoms with van der Waals surface area (Å²) in [6, 6.07) is 0. The molecule has 0 rings (SSSR count). The van der Waals surface area contributed by atoms with Crippen molar-refractivity contribution < 1.29 is 9.59 Å². The summed E-state index contributed by atoms with van der Waals surface area (Å²) in [6.07, 6.45) is 48.4. The number of hydrogen-bond acceptors (Lipinski definition) is 2. The van der Waals surface area contributed by atoms with Gasteiger partial charge in [-0.3, -0.25) is 9.59 Å². The smallest absolute Gasteiger partial charge is 0.217 e. The van der Waals surface area contributed by atoms with Crippen molar-refractivity contribution in [3.05, 3.63) is 24.3 Å². The number of carbonyl (C=O) groups excluding carboxylic acids is 2. The summed E-state index contributed by atoms with van der Waals surface area (Å²) in [7, 11) is 0. The SMILES string of the molecule is CC(CCCCCCCCC=CCCCCCCCC(N)=O)CCCCCCCCCC=CCCCCCCCC(N)=O. The Morgan fingerprint density at radius 3 is 0.907 bits per heavy atom. The molecule has 0 aromatic heterocycles. The van der Waals surface area contributed by atoms with E-state index >= 15 is 0 Å². The molecule has 0 saturated heterocycles. The zero-order valence-electron chi connectivity index (χ0n) is 28.8. The highest BCUT2D eigenvalue weighted by Gasteiger charge is 2.02. The quantitative estimate of drug-likeness (QED) is 0.0558. The van der Waals surface area contributed by atoms with E-state index in [0.29, 0.717) is 12.8 Å². The topological polar surface area (TPSA) is 86.2 Å². The van der Waals surface area contributed by atoms with E-state index < -0.39 is 0 Å². The standard InChI is InChI=1S/C39H74N2O2/c1-37(34-30-26-22-18-14-10-6-4-8-12-16-20-24-28-32-36-39(41)43)33-29-25-21-17-13-9-5-2-3-7-11-15-19-23-27-31-35-38(40)42/h3-4,7-8,37H,2,5-6,9-36H2,1H3,(H2,40,42)(H2,41,43). The van der Waals surface area contributed by atoms with Crippen molar-refractivity contribution in [1.82, 2.24) is 0 Å². The molecule has 4 heteroatoms. The summed E-state index contributed by atoms with van der Waals surface area (Å²) in [5.74, 6) is 0.582. The van der Waals surface area contributed by atoms with Crippen molar-refractivity contribution in [3.8, 4) is 0 Å². The molecular weight excluding hydrogens is 528 g/mol. The fourth-order valence-electron chi connectivity index (χ4n) is 5.90. The molecule has 0 aromatic rings. The van der Waals surface area contributed by atoms with Gasteiger partial charge in [-0.1, -0.05) is 153 Å². The van der Waals surface area contributed by atoms with Gasteiger partial charge in [0.2, 0.25) is 11.8 Å². The van der Waals surface area contributed by atoms with E-state index in [1.54, 1.807) is 0 Å². The highest BCUT2D eigenvalue weighted by atomic mass is 16.1. The van der Waals surface area contributed by atoms with Gasteiger partial charge in [0, 0.05) is 12.8 Å². The fraction of sp³-hybridized carbons (Fsp3) is 0.846. The lowest BCUT2D eigenvalue weighted by atomic mass is 9.95. The second-order valence-electron chi connectivity index (χ2n) is 13.3. The summed E-state index contributed by atoms with van der Waals surface area (Å²) in [5.41, 5.74) is 10.3. The molecule has 2 amide bonds. The number of hydrogen-bond donors (Lipinski definition) is 2. The normalized spacial score (nSPS) is 12.5. The lowest BCUT2D eigenvalue weighted by molar-refractivity contribution is -0.119. The van der Waals surface area contributed by atoms with Crippen LogP contribution in [0.1, 0.15) is 206 Å². The molecule has 43 heavy (non-hydrogen) atoms. The molecule has 0 spiro atoms.